The summed E-state index contributed by atoms with van der Waals surface area (Å²) in [6.45, 7) is 7.34. The number of para-hydroxylation sites is 2. The van der Waals surface area contributed by atoms with Gasteiger partial charge in [-0.05, 0) is 84.7 Å². The number of carbonyl (C=O) groups excluding carboxylic acids is 2. The molecule has 2 aromatic heterocycles. The molecule has 0 bridgehead atoms. The molecule has 5 aromatic carbocycles. The Morgan fingerprint density at radius 2 is 1.05 bits per heavy atom. The number of rotatable bonds is 12. The third-order valence-corrected chi connectivity index (χ3v) is 12.4. The second-order valence-electron chi connectivity index (χ2n) is 16.1. The Morgan fingerprint density at radius 3 is 1.58 bits per heavy atom. The highest BCUT2D eigenvalue weighted by atomic mass is 16.5. The molecule has 7 nitrogen and oxygen atoms in total. The standard InChI is InChI=1S/C29H30N2O2.C23H26N2O/c1-33-25-11-7-10-23(18-25)19-31-21-27(26-12-5-6-13-28(26)31)24-16-17-30(20-24)29(32)15-14-22-8-3-2-4-9-22;1-2-24-17-21(20-10-6-7-11-22(20)24)19-14-15-25(16-19)23(26)13-12-18-8-4-3-5-9-18/h2-13,18,21,24H,14-17,19-20H2,1H3;3-11,17,19H,2,12-16H2,1H3. The molecule has 2 saturated heterocycles. The smallest absolute Gasteiger partial charge is 0.222 e. The second kappa shape index (κ2) is 18.7. The van der Waals surface area contributed by atoms with Crippen LogP contribution in [0.15, 0.2) is 146 Å². The molecule has 9 rings (SSSR count). The number of likely N-dealkylation sites (tertiary alicyclic amines) is 2. The third kappa shape index (κ3) is 9.30. The number of carbonyl (C=O) groups is 2. The molecule has 302 valence electrons. The van der Waals surface area contributed by atoms with Gasteiger partial charge in [-0.2, -0.15) is 0 Å². The summed E-state index contributed by atoms with van der Waals surface area (Å²) in [5.41, 5.74) is 8.98. The zero-order valence-corrected chi connectivity index (χ0v) is 34.5. The lowest BCUT2D eigenvalue weighted by Crippen LogP contribution is -2.28. The van der Waals surface area contributed by atoms with Crippen molar-refractivity contribution in [3.05, 3.63) is 174 Å². The van der Waals surface area contributed by atoms with Crippen LogP contribution in [0.2, 0.25) is 0 Å². The van der Waals surface area contributed by atoms with Crippen LogP contribution in [0.4, 0.5) is 0 Å². The fraction of sp³-hybridized carbons (Fsp3) is 0.308. The molecule has 2 aliphatic heterocycles. The summed E-state index contributed by atoms with van der Waals surface area (Å²) in [6, 6.07) is 46.1. The van der Waals surface area contributed by atoms with Crippen molar-refractivity contribution in [2.75, 3.05) is 33.3 Å². The van der Waals surface area contributed by atoms with Crippen LogP contribution in [0.3, 0.4) is 0 Å². The molecule has 59 heavy (non-hydrogen) atoms. The van der Waals surface area contributed by atoms with Crippen LogP contribution in [0.1, 0.15) is 72.3 Å². The van der Waals surface area contributed by atoms with E-state index in [0.717, 1.165) is 70.7 Å². The summed E-state index contributed by atoms with van der Waals surface area (Å²) in [6.07, 6.45) is 9.50. The van der Waals surface area contributed by atoms with E-state index in [9.17, 15) is 9.59 Å². The predicted molar refractivity (Wildman–Crippen MR) is 239 cm³/mol. The summed E-state index contributed by atoms with van der Waals surface area (Å²) in [7, 11) is 1.70. The number of aromatic nitrogens is 2. The fourth-order valence-corrected chi connectivity index (χ4v) is 9.15. The van der Waals surface area contributed by atoms with Gasteiger partial charge in [0.15, 0.2) is 0 Å². The van der Waals surface area contributed by atoms with Gasteiger partial charge in [-0.1, -0.05) is 109 Å². The molecule has 2 aliphatic rings. The van der Waals surface area contributed by atoms with Gasteiger partial charge >= 0.3 is 0 Å². The highest BCUT2D eigenvalue weighted by Crippen LogP contribution is 2.36. The average Bonchev–Trinajstić information content (AvgIpc) is 4.12. The van der Waals surface area contributed by atoms with Gasteiger partial charge in [-0.3, -0.25) is 9.59 Å². The molecule has 7 aromatic rings. The van der Waals surface area contributed by atoms with E-state index < -0.39 is 0 Å². The Balaban J connectivity index is 0.000000169. The van der Waals surface area contributed by atoms with Gasteiger partial charge in [0.1, 0.15) is 5.75 Å². The maximum Gasteiger partial charge on any atom is 0.222 e. The summed E-state index contributed by atoms with van der Waals surface area (Å²) >= 11 is 0. The van der Waals surface area contributed by atoms with Crippen molar-refractivity contribution in [2.45, 2.75) is 70.4 Å². The molecular formula is C52H56N4O3. The molecule has 0 N–H and O–H groups in total. The predicted octanol–water partition coefficient (Wildman–Crippen LogP) is 10.3. The quantitative estimate of drug-likeness (QED) is 0.124. The third-order valence-electron chi connectivity index (χ3n) is 12.4. The molecule has 2 unspecified atom stereocenters. The topological polar surface area (TPSA) is 59.7 Å². The Kier molecular flexibility index (Phi) is 12.6. The number of aryl methyl sites for hydroxylation is 3. The van der Waals surface area contributed by atoms with E-state index in [1.807, 2.05) is 48.5 Å². The van der Waals surface area contributed by atoms with Crippen molar-refractivity contribution in [1.29, 1.82) is 0 Å². The number of fused-ring (bicyclic) bond motifs is 2. The Labute approximate surface area is 348 Å². The number of benzene rings is 5. The van der Waals surface area contributed by atoms with E-state index in [1.165, 1.54) is 49.6 Å². The van der Waals surface area contributed by atoms with Crippen molar-refractivity contribution in [3.63, 3.8) is 0 Å². The number of methoxy groups -OCH3 is 1. The second-order valence-corrected chi connectivity index (χ2v) is 16.1. The van der Waals surface area contributed by atoms with Crippen molar-refractivity contribution in [3.8, 4) is 5.75 Å². The van der Waals surface area contributed by atoms with Crippen molar-refractivity contribution in [2.24, 2.45) is 0 Å². The maximum atomic E-state index is 12.9. The molecule has 2 fully saturated rings. The van der Waals surface area contributed by atoms with E-state index in [1.54, 1.807) is 7.11 Å². The average molecular weight is 785 g/mol. The van der Waals surface area contributed by atoms with Crippen LogP contribution in [-0.4, -0.2) is 64.0 Å². The van der Waals surface area contributed by atoms with Crippen LogP contribution < -0.4 is 4.74 Å². The molecule has 0 saturated carbocycles. The van der Waals surface area contributed by atoms with Gasteiger partial charge in [-0.25, -0.2) is 0 Å². The van der Waals surface area contributed by atoms with Gasteiger partial charge < -0.3 is 23.7 Å². The van der Waals surface area contributed by atoms with Gasteiger partial charge in [0.2, 0.25) is 11.8 Å². The molecule has 2 amide bonds. The lowest BCUT2D eigenvalue weighted by molar-refractivity contribution is -0.130. The number of nitrogens with zero attached hydrogens (tertiary/aromatic N) is 4. The molecule has 4 heterocycles. The van der Waals surface area contributed by atoms with Crippen LogP contribution in [-0.2, 0) is 35.5 Å². The molecule has 0 spiro atoms. The van der Waals surface area contributed by atoms with E-state index in [-0.39, 0.29) is 11.8 Å². The van der Waals surface area contributed by atoms with E-state index in [2.05, 4.69) is 123 Å². The minimum atomic E-state index is 0.265. The van der Waals surface area contributed by atoms with E-state index >= 15 is 0 Å². The van der Waals surface area contributed by atoms with Gasteiger partial charge in [0.05, 0.1) is 7.11 Å². The lowest BCUT2D eigenvalue weighted by atomic mass is 9.98. The van der Waals surface area contributed by atoms with Crippen molar-refractivity contribution in [1.82, 2.24) is 18.9 Å². The Morgan fingerprint density at radius 1 is 0.576 bits per heavy atom. The van der Waals surface area contributed by atoms with Crippen molar-refractivity contribution < 1.29 is 14.3 Å². The summed E-state index contributed by atoms with van der Waals surface area (Å²) in [5, 5.41) is 2.64. The van der Waals surface area contributed by atoms with Gasteiger partial charge in [-0.15, -0.1) is 0 Å². The summed E-state index contributed by atoms with van der Waals surface area (Å²) < 4.78 is 10.1. The first-order valence-corrected chi connectivity index (χ1v) is 21.4. The minimum Gasteiger partial charge on any atom is -0.497 e. The maximum absolute atomic E-state index is 12.9. The van der Waals surface area contributed by atoms with Crippen LogP contribution >= 0.6 is 0 Å². The van der Waals surface area contributed by atoms with Gasteiger partial charge in [0, 0.05) is 98.1 Å². The van der Waals surface area contributed by atoms with Crippen LogP contribution in [0, 0.1) is 0 Å². The summed E-state index contributed by atoms with van der Waals surface area (Å²) in [4.78, 5) is 29.6. The number of ether oxygens (including phenoxy) is 1. The first kappa shape index (κ1) is 39.7. The highest BCUT2D eigenvalue weighted by molar-refractivity contribution is 5.86. The van der Waals surface area contributed by atoms with Crippen LogP contribution in [0.5, 0.6) is 5.75 Å². The molecule has 0 radical (unpaired) electrons. The molecule has 2 atom stereocenters. The van der Waals surface area contributed by atoms with E-state index in [0.29, 0.717) is 24.7 Å². The van der Waals surface area contributed by atoms with Crippen molar-refractivity contribution >= 4 is 33.6 Å². The molecule has 0 aliphatic carbocycles. The zero-order valence-electron chi connectivity index (χ0n) is 34.5. The first-order valence-electron chi connectivity index (χ1n) is 21.4. The Bertz CT molecular complexity index is 2490. The SMILES string of the molecule is CCn1cc(C2CCN(C(=O)CCc3ccccc3)C2)c2ccccc21.COc1cccc(Cn2cc(C3CCN(C(=O)CCc4ccccc4)C3)c3ccccc32)c1. The molecule has 7 heteroatoms. The van der Waals surface area contributed by atoms with Gasteiger partial charge in [0.25, 0.3) is 0 Å². The number of hydrogen-bond acceptors (Lipinski definition) is 3. The normalized spacial score (nSPS) is 16.4. The first-order chi connectivity index (χ1) is 29.0. The number of amides is 2. The Hall–Kier alpha value is -6.08. The lowest BCUT2D eigenvalue weighted by Gasteiger charge is -2.16. The zero-order chi connectivity index (χ0) is 40.6. The van der Waals surface area contributed by atoms with Crippen LogP contribution in [0.25, 0.3) is 21.8 Å². The van der Waals surface area contributed by atoms with E-state index in [4.69, 9.17) is 4.74 Å². The monoisotopic (exact) mass is 784 g/mol. The largest absolute Gasteiger partial charge is 0.497 e. The molecular weight excluding hydrogens is 729 g/mol. The minimum absolute atomic E-state index is 0.265. The summed E-state index contributed by atoms with van der Waals surface area (Å²) in [5.74, 6) is 2.26. The highest BCUT2D eigenvalue weighted by Gasteiger charge is 2.30. The fourth-order valence-electron chi connectivity index (χ4n) is 9.15. The number of hydrogen-bond donors (Lipinski definition) is 0.